The quantitative estimate of drug-likeness (QED) is 0.111. The summed E-state index contributed by atoms with van der Waals surface area (Å²) in [6.45, 7) is 14.1. The summed E-state index contributed by atoms with van der Waals surface area (Å²) in [4.78, 5) is 45.1. The summed E-state index contributed by atoms with van der Waals surface area (Å²) in [5, 5.41) is 14.7. The minimum Gasteiger partial charge on any atom is -0.208 e. The van der Waals surface area contributed by atoms with Crippen LogP contribution >= 0.6 is 0 Å². The van der Waals surface area contributed by atoms with Gasteiger partial charge < -0.3 is 0 Å². The summed E-state index contributed by atoms with van der Waals surface area (Å²) in [6.07, 6.45) is 0. The van der Waals surface area contributed by atoms with Gasteiger partial charge in [0.05, 0.1) is 0 Å². The molecule has 0 saturated heterocycles. The maximum absolute atomic E-state index is 5.15. The van der Waals surface area contributed by atoms with Gasteiger partial charge in [0.25, 0.3) is 0 Å². The molecule has 0 spiro atoms. The summed E-state index contributed by atoms with van der Waals surface area (Å²) in [5.74, 6) is 5.91. The fraction of sp³-hybridized carbons (Fsp3) is 0.0652. The predicted molar refractivity (Wildman–Crippen MR) is 608 cm³/mol. The van der Waals surface area contributed by atoms with Gasteiger partial charge in [0.15, 0.2) is 52.4 Å². The largest absolute Gasteiger partial charge is 0.208 e. The number of fused-ring (bicyclic) bond motifs is 18. The lowest BCUT2D eigenvalue weighted by Gasteiger charge is -2.23. The van der Waals surface area contributed by atoms with Gasteiger partial charge >= 0.3 is 0 Å². The van der Waals surface area contributed by atoms with Crippen LogP contribution in [0.25, 0.3) is 245 Å². The van der Waals surface area contributed by atoms with Crippen molar-refractivity contribution in [2.24, 2.45) is 0 Å². The second kappa shape index (κ2) is 36.1. The lowest BCUT2D eigenvalue weighted by Crippen LogP contribution is -2.15. The number of aromatic nitrogens is 9. The number of nitrogens with zero attached hydrogens (tertiary/aromatic N) is 9. The highest BCUT2D eigenvalue weighted by Gasteiger charge is 2.40. The minimum absolute atomic E-state index is 0.0525. The molecule has 0 unspecified atom stereocenters. The highest BCUT2D eigenvalue weighted by molar-refractivity contribution is 6.09. The van der Waals surface area contributed by atoms with Gasteiger partial charge in [-0.3, -0.25) is 0 Å². The third-order valence-corrected chi connectivity index (χ3v) is 30.3. The van der Waals surface area contributed by atoms with Crippen molar-refractivity contribution in [1.29, 1.82) is 0 Å². The van der Waals surface area contributed by atoms with Crippen LogP contribution < -0.4 is 0 Å². The maximum atomic E-state index is 5.15. The van der Waals surface area contributed by atoms with Crippen LogP contribution in [0.4, 0.5) is 0 Å². The fourth-order valence-electron chi connectivity index (χ4n) is 23.0. The van der Waals surface area contributed by atoms with E-state index in [-0.39, 0.29) is 16.2 Å². The summed E-state index contributed by atoms with van der Waals surface area (Å²) in [6, 6.07) is 170. The summed E-state index contributed by atoms with van der Waals surface area (Å²) < 4.78 is 0. The molecule has 3 aliphatic rings. The Morgan fingerprint density at radius 2 is 0.388 bits per heavy atom. The van der Waals surface area contributed by atoms with Crippen molar-refractivity contribution < 1.29 is 0 Å². The van der Waals surface area contributed by atoms with Crippen molar-refractivity contribution in [2.45, 2.75) is 57.8 Å². The van der Waals surface area contributed by atoms with E-state index in [2.05, 4.69) is 406 Å². The smallest absolute Gasteiger partial charge is 0.164 e. The maximum Gasteiger partial charge on any atom is 0.164 e. The van der Waals surface area contributed by atoms with Crippen molar-refractivity contribution in [1.82, 2.24) is 44.9 Å². The normalized spacial score (nSPS) is 13.0. The first-order chi connectivity index (χ1) is 72.1. The Balaban J connectivity index is 0.000000112. The predicted octanol–water partition coefficient (Wildman–Crippen LogP) is 35.1. The number of benzene rings is 22. The molecule has 0 atom stereocenters. The molecule has 22 aromatic carbocycles. The Bertz CT molecular complexity index is 9480. The van der Waals surface area contributed by atoms with Crippen LogP contribution in [-0.4, -0.2) is 44.9 Å². The highest BCUT2D eigenvalue weighted by Crippen LogP contribution is 2.56. The van der Waals surface area contributed by atoms with Crippen molar-refractivity contribution in [3.05, 3.63) is 513 Å². The summed E-state index contributed by atoms with van der Waals surface area (Å²) >= 11 is 0. The van der Waals surface area contributed by atoms with Crippen LogP contribution in [0.2, 0.25) is 0 Å². The Kier molecular flexibility index (Phi) is 21.8. The van der Waals surface area contributed by atoms with Gasteiger partial charge in [0, 0.05) is 66.3 Å². The van der Waals surface area contributed by atoms with E-state index in [0.29, 0.717) is 52.4 Å². The summed E-state index contributed by atoms with van der Waals surface area (Å²) in [7, 11) is 0. The molecule has 3 heterocycles. The van der Waals surface area contributed by atoms with Gasteiger partial charge in [0.2, 0.25) is 0 Å². The van der Waals surface area contributed by atoms with Crippen molar-refractivity contribution in [2.75, 3.05) is 0 Å². The van der Waals surface area contributed by atoms with Crippen LogP contribution in [0.3, 0.4) is 0 Å². The fourth-order valence-corrected chi connectivity index (χ4v) is 23.0. The number of rotatable bonds is 13. The van der Waals surface area contributed by atoms with Gasteiger partial charge in [-0.05, 0) is 218 Å². The zero-order chi connectivity index (χ0) is 98.6. The molecule has 25 aromatic rings. The average Bonchev–Trinajstić information content (AvgIpc) is 1.56. The molecule has 0 radical (unpaired) electrons. The Morgan fingerprint density at radius 1 is 0.122 bits per heavy atom. The average molecular weight is 1880 g/mol. The molecule has 0 bridgehead atoms. The van der Waals surface area contributed by atoms with E-state index in [4.69, 9.17) is 44.9 Å². The van der Waals surface area contributed by atoms with Gasteiger partial charge in [-0.15, -0.1) is 0 Å². The molecule has 0 aliphatic heterocycles. The van der Waals surface area contributed by atoms with Crippen LogP contribution in [-0.2, 0) is 16.2 Å². The second-order valence-corrected chi connectivity index (χ2v) is 40.2. The van der Waals surface area contributed by atoms with Crippen molar-refractivity contribution in [3.63, 3.8) is 0 Å². The van der Waals surface area contributed by atoms with Gasteiger partial charge in [-0.2, -0.15) is 0 Å². The highest BCUT2D eigenvalue weighted by atomic mass is 15.1. The van der Waals surface area contributed by atoms with Gasteiger partial charge in [-0.25, -0.2) is 44.9 Å². The van der Waals surface area contributed by atoms with Crippen LogP contribution in [0.1, 0.15) is 74.9 Å². The molecule has 0 N–H and O–H groups in total. The molecule has 28 rings (SSSR count). The van der Waals surface area contributed by atoms with Crippen molar-refractivity contribution >= 4 is 64.6 Å². The molecule has 0 amide bonds. The molecule has 3 aromatic heterocycles. The van der Waals surface area contributed by atoms with Gasteiger partial charge in [0.1, 0.15) is 0 Å². The molecule has 9 heteroatoms. The molecule has 9 nitrogen and oxygen atoms in total. The monoisotopic (exact) mass is 1880 g/mol. The van der Waals surface area contributed by atoms with E-state index >= 15 is 0 Å². The zero-order valence-electron chi connectivity index (χ0n) is 82.1. The third-order valence-electron chi connectivity index (χ3n) is 30.3. The SMILES string of the molecule is CC1(C)c2ccccc2-c2ccc3cc(-c4cc(-c5nc(-c6ccccc6)nc(-c6ccc(-c7ccccc7)cc6)n5)cc5ccccc45)ccc3c21.CC1(C)c2ccccc2-c2ccc3cc(-c4ccc(-c5nc(-c6ccccc6)nc(-c6ccccc6)n5)c5ccccc45)ccc3c21.CC1(C)c2ccccc2-c2ccc3ccc(-c4ccc(-c5nc(-c6ccccc6)nc(-c6ccc7ccccc7c6)n5)cc4)cc3c21. The summed E-state index contributed by atoms with van der Waals surface area (Å²) in [5.41, 5.74) is 34.3. The lowest BCUT2D eigenvalue weighted by molar-refractivity contribution is 0.666. The van der Waals surface area contributed by atoms with E-state index < -0.39 is 0 Å². The lowest BCUT2D eigenvalue weighted by atomic mass is 9.80. The van der Waals surface area contributed by atoms with Crippen LogP contribution in [0.5, 0.6) is 0 Å². The second-order valence-electron chi connectivity index (χ2n) is 40.2. The van der Waals surface area contributed by atoms with Crippen LogP contribution in [0, 0.1) is 0 Å². The molecular weight excluding hydrogens is 1780 g/mol. The standard InChI is InChI=1S/C50H35N3.2C44H31N3/c1-50(2)45-20-12-11-19-42(45)43-28-26-37-29-38(25-27-41(37)46(43)50)44-31-39(30-36-17-9-10-18-40(36)44)49-52-47(34-15-7-4-8-16-34)51-48(53-49)35-23-21-33(22-24-35)32-13-5-3-6-14-32;1-44(2)39-20-12-11-19-36(39)37-24-22-31-27-30(21-23-33(31)40(37)44)32-25-26-38(35-18-10-9-17-34(32)35)43-46-41(28-13-5-3-6-14-28)45-42(47-43)29-15-7-4-8-16-29;1-44(2)39-15-9-8-14-36(39)37-25-24-30-19-22-34(27-38(30)40(37)44)29-16-20-32(21-17-29)42-45-41(31-11-4-3-5-12-31)46-43(47-42)35-23-18-28-10-6-7-13-33(28)26-35/h3-31H,1-2H3;2*3-27H,1-2H3. The van der Waals surface area contributed by atoms with E-state index in [0.717, 1.165) is 88.5 Å². The van der Waals surface area contributed by atoms with Crippen LogP contribution in [0.15, 0.2) is 479 Å². The Morgan fingerprint density at radius 3 is 0.850 bits per heavy atom. The molecule has 147 heavy (non-hydrogen) atoms. The van der Waals surface area contributed by atoms with Gasteiger partial charge in [-0.1, -0.05) is 478 Å². The molecule has 694 valence electrons. The molecular formula is C138H97N9. The number of hydrogen-bond donors (Lipinski definition) is 0. The minimum atomic E-state index is -0.0751. The first-order valence-electron chi connectivity index (χ1n) is 50.4. The van der Waals surface area contributed by atoms with Crippen molar-refractivity contribution in [3.8, 4) is 180 Å². The zero-order valence-corrected chi connectivity index (χ0v) is 82.1. The number of hydrogen-bond acceptors (Lipinski definition) is 9. The molecule has 3 aliphatic carbocycles. The van der Waals surface area contributed by atoms with E-state index in [1.54, 1.807) is 0 Å². The Labute approximate surface area is 854 Å². The third kappa shape index (κ3) is 15.9. The molecule has 0 saturated carbocycles. The Hall–Kier alpha value is -18.6. The topological polar surface area (TPSA) is 116 Å². The first kappa shape index (κ1) is 88.6. The first-order valence-corrected chi connectivity index (χ1v) is 50.4. The van der Waals surface area contributed by atoms with E-state index in [1.165, 1.54) is 137 Å². The van der Waals surface area contributed by atoms with E-state index in [1.807, 2.05) is 115 Å². The molecule has 0 fully saturated rings. The van der Waals surface area contributed by atoms with E-state index in [9.17, 15) is 0 Å².